The van der Waals surface area contributed by atoms with Crippen LogP contribution in [0.4, 0.5) is 0 Å². The summed E-state index contributed by atoms with van der Waals surface area (Å²) < 4.78 is 14.4. The van der Waals surface area contributed by atoms with E-state index in [1.165, 1.54) is 0 Å². The Labute approximate surface area is 173 Å². The zero-order chi connectivity index (χ0) is 21.4. The van der Waals surface area contributed by atoms with Crippen LogP contribution in [-0.2, 0) is 15.8 Å². The summed E-state index contributed by atoms with van der Waals surface area (Å²) in [4.78, 5) is 15.7. The number of aromatic carboxylic acids is 1. The van der Waals surface area contributed by atoms with E-state index in [4.69, 9.17) is 9.16 Å². The molecule has 0 bridgehead atoms. The first-order valence-electron chi connectivity index (χ1n) is 10.0. The number of carboxylic acids is 1. The number of carboxylic acid groups (broad SMARTS) is 1. The fraction of sp³-hybridized carbons (Fsp3) is 0.571. The molecule has 3 unspecified atom stereocenters. The first-order valence-corrected chi connectivity index (χ1v) is 12.9. The third kappa shape index (κ3) is 4.60. The van der Waals surface area contributed by atoms with Crippen molar-refractivity contribution in [3.63, 3.8) is 0 Å². The Morgan fingerprint density at radius 2 is 1.97 bits per heavy atom. The first kappa shape index (κ1) is 21.7. The summed E-state index contributed by atoms with van der Waals surface area (Å²) in [6, 6.07) is 9.80. The number of hydrogen-bond donors (Lipinski definition) is 1. The van der Waals surface area contributed by atoms with Gasteiger partial charge in [-0.1, -0.05) is 51.1 Å². The Morgan fingerprint density at radius 1 is 1.31 bits per heavy atom. The van der Waals surface area contributed by atoms with Crippen LogP contribution in [0.5, 0.6) is 0 Å². The van der Waals surface area contributed by atoms with Crippen molar-refractivity contribution in [2.45, 2.75) is 77.1 Å². The predicted molar refractivity (Wildman–Crippen MR) is 112 cm³/mol. The molecule has 2 heterocycles. The molecule has 0 radical (unpaired) electrons. The van der Waals surface area contributed by atoms with Crippen LogP contribution in [0.25, 0.3) is 0 Å². The van der Waals surface area contributed by atoms with Gasteiger partial charge in [0.15, 0.2) is 14.1 Å². The van der Waals surface area contributed by atoms with Crippen LogP contribution >= 0.6 is 0 Å². The summed E-state index contributed by atoms with van der Waals surface area (Å²) in [6.07, 6.45) is 0.229. The van der Waals surface area contributed by atoms with Gasteiger partial charge in [-0.25, -0.2) is 14.5 Å². The molecule has 1 aromatic carbocycles. The lowest BCUT2D eigenvalue weighted by atomic mass is 10.1. The number of nitrogens with zero attached hydrogens (tertiary/aromatic N) is 3. The third-order valence-electron chi connectivity index (χ3n) is 6.03. The van der Waals surface area contributed by atoms with Crippen LogP contribution in [0.15, 0.2) is 30.3 Å². The topological polar surface area (TPSA) is 86.5 Å². The number of aromatic nitrogens is 3. The van der Waals surface area contributed by atoms with Crippen LogP contribution in [0.2, 0.25) is 18.1 Å². The highest BCUT2D eigenvalue weighted by Gasteiger charge is 2.44. The number of benzene rings is 1. The van der Waals surface area contributed by atoms with Crippen LogP contribution < -0.4 is 0 Å². The van der Waals surface area contributed by atoms with E-state index in [1.54, 1.807) is 4.68 Å². The smallest absolute Gasteiger partial charge is 0.375 e. The van der Waals surface area contributed by atoms with Gasteiger partial charge in [0, 0.05) is 6.42 Å². The van der Waals surface area contributed by atoms with E-state index in [0.717, 1.165) is 5.56 Å². The molecule has 2 aromatic rings. The molecule has 1 aliphatic rings. The second kappa shape index (κ2) is 8.01. The monoisotopic (exact) mass is 417 g/mol. The molecule has 0 saturated heterocycles. The fourth-order valence-corrected chi connectivity index (χ4v) is 4.78. The number of carbonyl (C=O) groups is 1. The molecule has 29 heavy (non-hydrogen) atoms. The molecule has 158 valence electrons. The van der Waals surface area contributed by atoms with Crippen molar-refractivity contribution in [1.82, 2.24) is 14.8 Å². The molecule has 1 N–H and O–H groups in total. The van der Waals surface area contributed by atoms with Crippen molar-refractivity contribution in [2.75, 3.05) is 0 Å². The molecule has 7 nitrogen and oxygen atoms in total. The minimum absolute atomic E-state index is 0.0838. The largest absolute Gasteiger partial charge is 0.475 e. The number of fused-ring (bicyclic) bond motifs is 1. The number of ether oxygens (including phenoxy) is 1. The maximum atomic E-state index is 11.4. The van der Waals surface area contributed by atoms with Gasteiger partial charge in [0.1, 0.15) is 6.10 Å². The van der Waals surface area contributed by atoms with E-state index in [2.05, 4.69) is 43.9 Å². The van der Waals surface area contributed by atoms with Gasteiger partial charge in [-0.15, -0.1) is 5.10 Å². The molecule has 0 fully saturated rings. The van der Waals surface area contributed by atoms with Gasteiger partial charge in [0.2, 0.25) is 0 Å². The predicted octanol–water partition coefficient (Wildman–Crippen LogP) is 4.59. The van der Waals surface area contributed by atoms with E-state index < -0.39 is 14.3 Å². The van der Waals surface area contributed by atoms with Gasteiger partial charge in [-0.05, 0) is 30.6 Å². The molecule has 8 heteroatoms. The minimum atomic E-state index is -1.98. The highest BCUT2D eigenvalue weighted by Crippen LogP contribution is 2.42. The summed E-state index contributed by atoms with van der Waals surface area (Å²) in [5.74, 6) is -0.767. The maximum absolute atomic E-state index is 11.4. The summed E-state index contributed by atoms with van der Waals surface area (Å²) in [6.45, 7) is 13.5. The van der Waals surface area contributed by atoms with Gasteiger partial charge < -0.3 is 14.3 Å². The molecular weight excluding hydrogens is 386 g/mol. The summed E-state index contributed by atoms with van der Waals surface area (Å²) in [5, 5.41) is 13.7. The van der Waals surface area contributed by atoms with Crippen LogP contribution in [0, 0.1) is 0 Å². The van der Waals surface area contributed by atoms with E-state index in [1.807, 2.05) is 37.3 Å². The Balaban J connectivity index is 1.81. The van der Waals surface area contributed by atoms with Crippen molar-refractivity contribution < 1.29 is 19.1 Å². The van der Waals surface area contributed by atoms with Crippen molar-refractivity contribution in [3.8, 4) is 0 Å². The lowest BCUT2D eigenvalue weighted by molar-refractivity contribution is 0.0267. The molecule has 1 aliphatic heterocycles. The lowest BCUT2D eigenvalue weighted by Gasteiger charge is -2.39. The average Bonchev–Trinajstić information content (AvgIpc) is 3.19. The Hall–Kier alpha value is -2.03. The summed E-state index contributed by atoms with van der Waals surface area (Å²) >= 11 is 0. The molecule has 3 atom stereocenters. The normalized spacial score (nSPS) is 20.5. The Kier molecular flexibility index (Phi) is 5.98. The zero-order valence-corrected chi connectivity index (χ0v) is 19.0. The van der Waals surface area contributed by atoms with E-state index in [-0.39, 0.29) is 29.1 Å². The number of rotatable bonds is 7. The van der Waals surface area contributed by atoms with Gasteiger partial charge >= 0.3 is 5.97 Å². The van der Waals surface area contributed by atoms with Gasteiger partial charge in [0.05, 0.1) is 18.8 Å². The van der Waals surface area contributed by atoms with Crippen molar-refractivity contribution in [1.29, 1.82) is 0 Å². The Bertz CT molecular complexity index is 861. The van der Waals surface area contributed by atoms with Crippen LogP contribution in [-0.4, -0.2) is 40.3 Å². The van der Waals surface area contributed by atoms with Crippen molar-refractivity contribution in [2.24, 2.45) is 0 Å². The minimum Gasteiger partial charge on any atom is -0.475 e. The van der Waals surface area contributed by atoms with Gasteiger partial charge in [-0.2, -0.15) is 0 Å². The second-order valence-electron chi connectivity index (χ2n) is 9.21. The highest BCUT2D eigenvalue weighted by molar-refractivity contribution is 6.74. The zero-order valence-electron chi connectivity index (χ0n) is 18.0. The second-order valence-corrected chi connectivity index (χ2v) is 14.0. The quantitative estimate of drug-likeness (QED) is 0.663. The molecule has 1 aromatic heterocycles. The van der Waals surface area contributed by atoms with E-state index >= 15 is 0 Å². The van der Waals surface area contributed by atoms with Crippen LogP contribution in [0.3, 0.4) is 0 Å². The lowest BCUT2D eigenvalue weighted by Crippen LogP contribution is -2.45. The van der Waals surface area contributed by atoms with Gasteiger partial charge in [0.25, 0.3) is 5.82 Å². The fourth-order valence-electron chi connectivity index (χ4n) is 3.34. The molecule has 0 saturated carbocycles. The molecule has 0 amide bonds. The number of hydrogen-bond acceptors (Lipinski definition) is 5. The molecular formula is C21H31N3O4Si. The van der Waals surface area contributed by atoms with E-state index in [0.29, 0.717) is 18.9 Å². The average molecular weight is 418 g/mol. The highest BCUT2D eigenvalue weighted by atomic mass is 28.4. The third-order valence-corrected chi connectivity index (χ3v) is 10.6. The van der Waals surface area contributed by atoms with E-state index in [9.17, 15) is 9.90 Å². The Morgan fingerprint density at radius 3 is 2.55 bits per heavy atom. The summed E-state index contributed by atoms with van der Waals surface area (Å²) in [5.41, 5.74) is 1.06. The SMILES string of the molecule is CC(O[Si](C)(C)C(C)(C)C)C1CC(OCc2ccccc2)c2nc(C(=O)O)nn21. The first-order chi connectivity index (χ1) is 13.5. The standard InChI is InChI=1S/C21H31N3O4Si/c1-14(28-29(5,6)21(2,3)4)16-12-17(27-13-15-10-8-7-9-11-15)19-22-18(20(25)26)23-24(16)19/h7-11,14,16-17H,12-13H2,1-6H3,(H,25,26). The summed E-state index contributed by atoms with van der Waals surface area (Å²) in [7, 11) is -1.98. The molecule has 0 aliphatic carbocycles. The molecule has 3 rings (SSSR count). The van der Waals surface area contributed by atoms with Crippen molar-refractivity contribution >= 4 is 14.3 Å². The van der Waals surface area contributed by atoms with Crippen LogP contribution in [0.1, 0.15) is 68.3 Å². The van der Waals surface area contributed by atoms with Gasteiger partial charge in [-0.3, -0.25) is 0 Å². The maximum Gasteiger partial charge on any atom is 0.375 e. The molecule has 0 spiro atoms. The van der Waals surface area contributed by atoms with Crippen molar-refractivity contribution in [3.05, 3.63) is 47.5 Å².